The minimum absolute atomic E-state index is 0.111. The van der Waals surface area contributed by atoms with Crippen LogP contribution in [-0.4, -0.2) is 15.6 Å². The highest BCUT2D eigenvalue weighted by molar-refractivity contribution is 6.32. The fourth-order valence-corrected chi connectivity index (χ4v) is 2.49. The molecule has 21 heavy (non-hydrogen) atoms. The number of rotatable bonds is 5. The summed E-state index contributed by atoms with van der Waals surface area (Å²) in [4.78, 5) is 12.2. The van der Waals surface area contributed by atoms with Gasteiger partial charge in [-0.2, -0.15) is 5.10 Å². The summed E-state index contributed by atoms with van der Waals surface area (Å²) < 4.78 is 28.5. The molecule has 0 atom stereocenters. The van der Waals surface area contributed by atoms with Gasteiger partial charge in [0.1, 0.15) is 0 Å². The molecule has 1 heterocycles. The molecule has 0 N–H and O–H groups in total. The highest BCUT2D eigenvalue weighted by atomic mass is 35.5. The molecule has 1 aromatic carbocycles. The van der Waals surface area contributed by atoms with Gasteiger partial charge < -0.3 is 0 Å². The van der Waals surface area contributed by atoms with E-state index < -0.39 is 17.4 Å². The SMILES string of the molecule is CCc1nn(CC)c(CC(=O)c2cccc(F)c2F)c1Cl. The summed E-state index contributed by atoms with van der Waals surface area (Å²) in [5, 5.41) is 4.72. The first kappa shape index (κ1) is 15.6. The molecule has 112 valence electrons. The van der Waals surface area contributed by atoms with E-state index in [4.69, 9.17) is 11.6 Å². The summed E-state index contributed by atoms with van der Waals surface area (Å²) in [5.41, 5.74) is 0.957. The highest BCUT2D eigenvalue weighted by Crippen LogP contribution is 2.24. The number of hydrogen-bond acceptors (Lipinski definition) is 2. The summed E-state index contributed by atoms with van der Waals surface area (Å²) in [6, 6.07) is 3.55. The van der Waals surface area contributed by atoms with Crippen LogP contribution in [0.5, 0.6) is 0 Å². The van der Waals surface area contributed by atoms with Crippen molar-refractivity contribution in [2.75, 3.05) is 0 Å². The van der Waals surface area contributed by atoms with Gasteiger partial charge in [0.2, 0.25) is 0 Å². The van der Waals surface area contributed by atoms with Crippen LogP contribution in [0.25, 0.3) is 0 Å². The molecule has 0 unspecified atom stereocenters. The Morgan fingerprint density at radius 3 is 2.67 bits per heavy atom. The van der Waals surface area contributed by atoms with Crippen LogP contribution in [0.2, 0.25) is 5.02 Å². The topological polar surface area (TPSA) is 34.9 Å². The third kappa shape index (κ3) is 2.97. The maximum Gasteiger partial charge on any atom is 0.171 e. The Morgan fingerprint density at radius 1 is 1.33 bits per heavy atom. The fourth-order valence-electron chi connectivity index (χ4n) is 2.15. The van der Waals surface area contributed by atoms with E-state index in [2.05, 4.69) is 5.10 Å². The van der Waals surface area contributed by atoms with Crippen LogP contribution in [0.4, 0.5) is 8.78 Å². The number of hydrogen-bond donors (Lipinski definition) is 0. The lowest BCUT2D eigenvalue weighted by Crippen LogP contribution is -2.12. The van der Waals surface area contributed by atoms with Gasteiger partial charge in [-0.25, -0.2) is 8.78 Å². The monoisotopic (exact) mass is 312 g/mol. The van der Waals surface area contributed by atoms with Crippen molar-refractivity contribution in [3.63, 3.8) is 0 Å². The molecule has 0 radical (unpaired) electrons. The van der Waals surface area contributed by atoms with Gasteiger partial charge in [0.15, 0.2) is 17.4 Å². The van der Waals surface area contributed by atoms with E-state index in [0.29, 0.717) is 29.4 Å². The van der Waals surface area contributed by atoms with Crippen LogP contribution in [0.15, 0.2) is 18.2 Å². The Hall–Kier alpha value is -1.75. The second kappa shape index (κ2) is 6.35. The van der Waals surface area contributed by atoms with Crippen LogP contribution in [0, 0.1) is 11.6 Å². The van der Waals surface area contributed by atoms with Crippen molar-refractivity contribution in [3.8, 4) is 0 Å². The molecule has 0 aliphatic rings. The Bertz CT molecular complexity index is 683. The van der Waals surface area contributed by atoms with E-state index in [-0.39, 0.29) is 12.0 Å². The Balaban J connectivity index is 2.36. The van der Waals surface area contributed by atoms with E-state index in [0.717, 1.165) is 6.07 Å². The van der Waals surface area contributed by atoms with Crippen LogP contribution in [0.3, 0.4) is 0 Å². The molecular weight excluding hydrogens is 298 g/mol. The molecule has 0 aliphatic heterocycles. The first-order valence-corrected chi connectivity index (χ1v) is 7.08. The van der Waals surface area contributed by atoms with Crippen molar-refractivity contribution in [2.45, 2.75) is 33.2 Å². The lowest BCUT2D eigenvalue weighted by Gasteiger charge is -2.06. The van der Waals surface area contributed by atoms with Gasteiger partial charge in [-0.3, -0.25) is 9.48 Å². The molecule has 6 heteroatoms. The Morgan fingerprint density at radius 2 is 2.05 bits per heavy atom. The lowest BCUT2D eigenvalue weighted by molar-refractivity contribution is 0.0985. The zero-order valence-corrected chi connectivity index (χ0v) is 12.5. The van der Waals surface area contributed by atoms with Gasteiger partial charge in [-0.05, 0) is 25.5 Å². The third-order valence-corrected chi connectivity index (χ3v) is 3.71. The van der Waals surface area contributed by atoms with Crippen LogP contribution >= 0.6 is 11.6 Å². The largest absolute Gasteiger partial charge is 0.294 e. The number of carbonyl (C=O) groups excluding carboxylic acids is 1. The van der Waals surface area contributed by atoms with Crippen molar-refractivity contribution < 1.29 is 13.6 Å². The quantitative estimate of drug-likeness (QED) is 0.787. The Labute approximate surface area is 126 Å². The van der Waals surface area contributed by atoms with Crippen molar-refractivity contribution in [2.24, 2.45) is 0 Å². The molecule has 0 amide bonds. The maximum absolute atomic E-state index is 13.7. The van der Waals surface area contributed by atoms with Crippen molar-refractivity contribution in [1.29, 1.82) is 0 Å². The molecule has 0 fully saturated rings. The zero-order valence-electron chi connectivity index (χ0n) is 11.8. The Kier molecular flexibility index (Phi) is 4.73. The number of carbonyl (C=O) groups is 1. The summed E-state index contributed by atoms with van der Waals surface area (Å²) in [6.07, 6.45) is 0.529. The van der Waals surface area contributed by atoms with E-state index in [1.54, 1.807) is 4.68 Å². The predicted molar refractivity (Wildman–Crippen MR) is 76.7 cm³/mol. The van der Waals surface area contributed by atoms with Gasteiger partial charge in [-0.1, -0.05) is 24.6 Å². The van der Waals surface area contributed by atoms with E-state index in [1.807, 2.05) is 13.8 Å². The molecule has 0 spiro atoms. The van der Waals surface area contributed by atoms with E-state index in [1.165, 1.54) is 12.1 Å². The minimum atomic E-state index is -1.13. The molecule has 0 saturated heterocycles. The first-order chi connectivity index (χ1) is 9.99. The van der Waals surface area contributed by atoms with Crippen LogP contribution < -0.4 is 0 Å². The van der Waals surface area contributed by atoms with E-state index in [9.17, 15) is 13.6 Å². The zero-order chi connectivity index (χ0) is 15.6. The number of aromatic nitrogens is 2. The maximum atomic E-state index is 13.7. The summed E-state index contributed by atoms with van der Waals surface area (Å²) >= 11 is 6.21. The van der Waals surface area contributed by atoms with Gasteiger partial charge in [0.25, 0.3) is 0 Å². The molecule has 2 aromatic rings. The van der Waals surface area contributed by atoms with Gasteiger partial charge in [0, 0.05) is 6.54 Å². The van der Waals surface area contributed by atoms with Gasteiger partial charge in [-0.15, -0.1) is 0 Å². The molecule has 0 bridgehead atoms. The van der Waals surface area contributed by atoms with Crippen LogP contribution in [-0.2, 0) is 19.4 Å². The summed E-state index contributed by atoms with van der Waals surface area (Å²) in [5.74, 6) is -2.69. The molecule has 1 aromatic heterocycles. The standard InChI is InChI=1S/C15H15ClF2N2O/c1-3-11-14(16)12(20(4-2)19-11)8-13(21)9-6-5-7-10(17)15(9)18/h5-7H,3-4,8H2,1-2H3. The van der Waals surface area contributed by atoms with Crippen LogP contribution in [0.1, 0.15) is 35.6 Å². The normalized spacial score (nSPS) is 10.9. The van der Waals surface area contributed by atoms with Crippen molar-refractivity contribution >= 4 is 17.4 Å². The number of halogens is 3. The highest BCUT2D eigenvalue weighted by Gasteiger charge is 2.21. The molecule has 2 rings (SSSR count). The van der Waals surface area contributed by atoms with Crippen molar-refractivity contribution in [3.05, 3.63) is 51.8 Å². The van der Waals surface area contributed by atoms with Crippen molar-refractivity contribution in [1.82, 2.24) is 9.78 Å². The number of benzene rings is 1. The van der Waals surface area contributed by atoms with E-state index >= 15 is 0 Å². The fraction of sp³-hybridized carbons (Fsp3) is 0.333. The smallest absolute Gasteiger partial charge is 0.171 e. The predicted octanol–water partition coefficient (Wildman–Crippen LogP) is 3.82. The second-order valence-electron chi connectivity index (χ2n) is 4.58. The summed E-state index contributed by atoms with van der Waals surface area (Å²) in [6.45, 7) is 4.33. The molecule has 0 saturated carbocycles. The first-order valence-electron chi connectivity index (χ1n) is 6.70. The number of Topliss-reactive ketones (excluding diaryl/α,β-unsaturated/α-hetero) is 1. The lowest BCUT2D eigenvalue weighted by atomic mass is 10.1. The van der Waals surface area contributed by atoms with Gasteiger partial charge >= 0.3 is 0 Å². The number of aryl methyl sites for hydroxylation is 2. The number of ketones is 1. The second-order valence-corrected chi connectivity index (χ2v) is 4.96. The average Bonchev–Trinajstić information content (AvgIpc) is 2.78. The molecule has 0 aliphatic carbocycles. The molecule has 3 nitrogen and oxygen atoms in total. The number of nitrogens with zero attached hydrogens (tertiary/aromatic N) is 2. The minimum Gasteiger partial charge on any atom is -0.294 e. The average molecular weight is 313 g/mol. The summed E-state index contributed by atoms with van der Waals surface area (Å²) in [7, 11) is 0. The third-order valence-electron chi connectivity index (χ3n) is 3.27. The van der Waals surface area contributed by atoms with Gasteiger partial charge in [0.05, 0.1) is 28.4 Å². The molecular formula is C15H15ClF2N2O.